The summed E-state index contributed by atoms with van der Waals surface area (Å²) < 4.78 is 5.26. The molecule has 3 amide bonds. The largest absolute Gasteiger partial charge is 0.508 e. The second-order valence-electron chi connectivity index (χ2n) is 10.2. The van der Waals surface area contributed by atoms with Gasteiger partial charge < -0.3 is 25.4 Å². The van der Waals surface area contributed by atoms with Gasteiger partial charge in [0, 0.05) is 13.1 Å². The zero-order valence-electron chi connectivity index (χ0n) is 22.7. The molecular weight excluding hydrogens is 470 g/mol. The molecule has 0 saturated carbocycles. The van der Waals surface area contributed by atoms with Crippen LogP contribution >= 0.6 is 0 Å². The number of amides is 3. The van der Waals surface area contributed by atoms with Crippen LogP contribution in [0.2, 0.25) is 0 Å². The molecule has 2 aromatic rings. The lowest BCUT2D eigenvalue weighted by molar-refractivity contribution is -0.140. The molecule has 0 spiro atoms. The van der Waals surface area contributed by atoms with E-state index in [-0.39, 0.29) is 18.2 Å². The number of aromatic hydroxyl groups is 1. The first kappa shape index (κ1) is 29.7. The van der Waals surface area contributed by atoms with Gasteiger partial charge in [0.15, 0.2) is 0 Å². The Balaban J connectivity index is 2.32. The third-order valence-electron chi connectivity index (χ3n) is 5.76. The first-order valence-electron chi connectivity index (χ1n) is 12.9. The van der Waals surface area contributed by atoms with Crippen LogP contribution in [0.25, 0.3) is 0 Å². The minimum Gasteiger partial charge on any atom is -0.508 e. The number of rotatable bonds is 12. The van der Waals surface area contributed by atoms with Gasteiger partial charge in [-0.2, -0.15) is 0 Å². The van der Waals surface area contributed by atoms with Gasteiger partial charge >= 0.3 is 6.09 Å². The van der Waals surface area contributed by atoms with Crippen LogP contribution in [0.5, 0.6) is 5.75 Å². The number of nitrogens with one attached hydrogen (secondary N) is 2. The average molecular weight is 512 g/mol. The van der Waals surface area contributed by atoms with Crippen molar-refractivity contribution in [2.24, 2.45) is 0 Å². The number of ether oxygens (including phenoxy) is 1. The van der Waals surface area contributed by atoms with Gasteiger partial charge in [0.25, 0.3) is 0 Å². The van der Waals surface area contributed by atoms with E-state index in [1.54, 1.807) is 39.8 Å². The standard InChI is InChI=1S/C29H41N3O5/c1-6-7-8-12-17-32(25(34)20-31-28(36)37-29(3,4)5)26(23-15-16-24(33)21(2)18-23)27(35)30-19-22-13-10-9-11-14-22/h9-11,13-16,18,26,33H,6-8,12,17,19-20H2,1-5H3,(H,30,35)(H,31,36). The van der Waals surface area contributed by atoms with Gasteiger partial charge in [0.1, 0.15) is 23.9 Å². The van der Waals surface area contributed by atoms with Crippen LogP contribution in [0, 0.1) is 6.92 Å². The maximum absolute atomic E-state index is 13.6. The predicted molar refractivity (Wildman–Crippen MR) is 144 cm³/mol. The van der Waals surface area contributed by atoms with Crippen LogP contribution in [0.4, 0.5) is 4.79 Å². The third-order valence-corrected chi connectivity index (χ3v) is 5.76. The minimum absolute atomic E-state index is 0.111. The number of phenols is 1. The molecule has 0 aliphatic carbocycles. The van der Waals surface area contributed by atoms with Crippen LogP contribution in [-0.2, 0) is 20.9 Å². The maximum atomic E-state index is 13.6. The highest BCUT2D eigenvalue weighted by atomic mass is 16.6. The van der Waals surface area contributed by atoms with Gasteiger partial charge in [-0.3, -0.25) is 9.59 Å². The summed E-state index contributed by atoms with van der Waals surface area (Å²) in [6, 6.07) is 13.5. The Hall–Kier alpha value is -3.55. The summed E-state index contributed by atoms with van der Waals surface area (Å²) in [5.74, 6) is -0.623. The van der Waals surface area contributed by atoms with Crippen molar-refractivity contribution in [3.8, 4) is 5.75 Å². The SMILES string of the molecule is CCCCCCN(C(=O)CNC(=O)OC(C)(C)C)C(C(=O)NCc1ccccc1)c1ccc(O)c(C)c1. The number of aryl methyl sites for hydroxylation is 1. The number of unbranched alkanes of at least 4 members (excludes halogenated alkanes) is 3. The van der Waals surface area contributed by atoms with E-state index in [2.05, 4.69) is 17.6 Å². The van der Waals surface area contributed by atoms with Gasteiger partial charge in [-0.25, -0.2) is 4.79 Å². The van der Waals surface area contributed by atoms with Gasteiger partial charge in [0.05, 0.1) is 0 Å². The van der Waals surface area contributed by atoms with E-state index < -0.39 is 23.6 Å². The monoisotopic (exact) mass is 511 g/mol. The van der Waals surface area contributed by atoms with E-state index in [1.807, 2.05) is 30.3 Å². The van der Waals surface area contributed by atoms with Crippen molar-refractivity contribution < 1.29 is 24.2 Å². The lowest BCUT2D eigenvalue weighted by atomic mass is 10.00. The summed E-state index contributed by atoms with van der Waals surface area (Å²) >= 11 is 0. The van der Waals surface area contributed by atoms with Crippen molar-refractivity contribution in [3.63, 3.8) is 0 Å². The summed E-state index contributed by atoms with van der Waals surface area (Å²) in [5.41, 5.74) is 1.42. The maximum Gasteiger partial charge on any atom is 0.408 e. The number of alkyl carbamates (subject to hydrolysis) is 1. The van der Waals surface area contributed by atoms with Crippen LogP contribution < -0.4 is 10.6 Å². The van der Waals surface area contributed by atoms with E-state index in [0.29, 0.717) is 30.6 Å². The normalized spacial score (nSPS) is 11.9. The fourth-order valence-electron chi connectivity index (χ4n) is 3.87. The molecule has 0 heterocycles. The van der Waals surface area contributed by atoms with Crippen molar-refractivity contribution in [2.75, 3.05) is 13.1 Å². The predicted octanol–water partition coefficient (Wildman–Crippen LogP) is 4.99. The van der Waals surface area contributed by atoms with Crippen molar-refractivity contribution in [1.29, 1.82) is 0 Å². The second-order valence-corrected chi connectivity index (χ2v) is 10.2. The quantitative estimate of drug-likeness (QED) is 0.348. The smallest absolute Gasteiger partial charge is 0.408 e. The molecule has 8 heteroatoms. The molecule has 37 heavy (non-hydrogen) atoms. The van der Waals surface area contributed by atoms with Gasteiger partial charge in [-0.05, 0) is 62.9 Å². The number of benzene rings is 2. The molecular formula is C29H41N3O5. The summed E-state index contributed by atoms with van der Waals surface area (Å²) in [7, 11) is 0. The molecule has 2 rings (SSSR count). The highest BCUT2D eigenvalue weighted by molar-refractivity contribution is 5.90. The van der Waals surface area contributed by atoms with E-state index in [4.69, 9.17) is 4.74 Å². The summed E-state index contributed by atoms with van der Waals surface area (Å²) in [4.78, 5) is 40.7. The van der Waals surface area contributed by atoms with E-state index in [0.717, 1.165) is 24.8 Å². The first-order valence-corrected chi connectivity index (χ1v) is 12.9. The number of nitrogens with zero attached hydrogens (tertiary/aromatic N) is 1. The fourth-order valence-corrected chi connectivity index (χ4v) is 3.87. The molecule has 8 nitrogen and oxygen atoms in total. The molecule has 202 valence electrons. The lowest BCUT2D eigenvalue weighted by Gasteiger charge is -2.32. The summed E-state index contributed by atoms with van der Waals surface area (Å²) in [5, 5.41) is 15.5. The number of carbonyl (C=O) groups is 3. The molecule has 0 fully saturated rings. The minimum atomic E-state index is -0.933. The molecule has 0 aromatic heterocycles. The fraction of sp³-hybridized carbons (Fsp3) is 0.483. The Kier molecular flexibility index (Phi) is 11.4. The summed E-state index contributed by atoms with van der Waals surface area (Å²) in [6.07, 6.45) is 2.98. The Morgan fingerprint density at radius 1 is 1.00 bits per heavy atom. The molecule has 0 radical (unpaired) electrons. The Labute approximate surface area is 220 Å². The van der Waals surface area contributed by atoms with Gasteiger partial charge in [0.2, 0.25) is 11.8 Å². The molecule has 3 N–H and O–H groups in total. The van der Waals surface area contributed by atoms with Crippen molar-refractivity contribution in [2.45, 2.75) is 78.5 Å². The summed E-state index contributed by atoms with van der Waals surface area (Å²) in [6.45, 7) is 9.43. The Morgan fingerprint density at radius 3 is 2.32 bits per heavy atom. The second kappa shape index (κ2) is 14.3. The topological polar surface area (TPSA) is 108 Å². The number of hydrogen-bond donors (Lipinski definition) is 3. The van der Waals surface area contributed by atoms with E-state index >= 15 is 0 Å². The van der Waals surface area contributed by atoms with Crippen LogP contribution in [0.1, 0.15) is 76.1 Å². The zero-order valence-corrected chi connectivity index (χ0v) is 22.7. The molecule has 1 unspecified atom stereocenters. The molecule has 1 atom stereocenters. The van der Waals surface area contributed by atoms with E-state index in [1.165, 1.54) is 11.0 Å². The number of carbonyl (C=O) groups excluding carboxylic acids is 3. The van der Waals surface area contributed by atoms with Gasteiger partial charge in [-0.1, -0.05) is 62.6 Å². The number of phenolic OH excluding ortho intramolecular Hbond substituents is 1. The van der Waals surface area contributed by atoms with Gasteiger partial charge in [-0.15, -0.1) is 0 Å². The van der Waals surface area contributed by atoms with Crippen LogP contribution in [0.3, 0.4) is 0 Å². The van der Waals surface area contributed by atoms with Crippen molar-refractivity contribution in [1.82, 2.24) is 15.5 Å². The first-order chi connectivity index (χ1) is 17.5. The molecule has 0 aliphatic rings. The Bertz CT molecular complexity index is 1030. The molecule has 0 aliphatic heterocycles. The third kappa shape index (κ3) is 10.1. The molecule has 0 saturated heterocycles. The van der Waals surface area contributed by atoms with Crippen molar-refractivity contribution >= 4 is 17.9 Å². The molecule has 0 bridgehead atoms. The van der Waals surface area contributed by atoms with Crippen molar-refractivity contribution in [3.05, 3.63) is 65.2 Å². The van der Waals surface area contributed by atoms with E-state index in [9.17, 15) is 19.5 Å². The Morgan fingerprint density at radius 2 is 1.70 bits per heavy atom. The lowest BCUT2D eigenvalue weighted by Crippen LogP contribution is -2.48. The average Bonchev–Trinajstić information content (AvgIpc) is 2.84. The molecule has 2 aromatic carbocycles. The highest BCUT2D eigenvalue weighted by Crippen LogP contribution is 2.27. The van der Waals surface area contributed by atoms with Crippen LogP contribution in [-0.4, -0.2) is 46.6 Å². The highest BCUT2D eigenvalue weighted by Gasteiger charge is 2.32. The van der Waals surface area contributed by atoms with Crippen LogP contribution in [0.15, 0.2) is 48.5 Å². The zero-order chi connectivity index (χ0) is 27.4. The number of hydrogen-bond acceptors (Lipinski definition) is 5.